The van der Waals surface area contributed by atoms with Gasteiger partial charge in [-0.2, -0.15) is 5.10 Å². The third-order valence-electron chi connectivity index (χ3n) is 3.57. The number of nitrogens with zero attached hydrogens (tertiary/aromatic N) is 1. The molecule has 0 atom stereocenters. The van der Waals surface area contributed by atoms with Gasteiger partial charge in [-0.1, -0.05) is 27.7 Å². The highest BCUT2D eigenvalue weighted by molar-refractivity contribution is 5.96. The maximum atomic E-state index is 12.1. The molecule has 0 aliphatic rings. The Morgan fingerprint density at radius 2 is 1.78 bits per heavy atom. The van der Waals surface area contributed by atoms with Gasteiger partial charge in [0.1, 0.15) is 0 Å². The van der Waals surface area contributed by atoms with Crippen LogP contribution in [-0.2, 0) is 0 Å². The second-order valence-corrected chi connectivity index (χ2v) is 5.67. The molecule has 0 bridgehead atoms. The zero-order valence-electron chi connectivity index (χ0n) is 12.3. The Labute approximate surface area is 110 Å². The van der Waals surface area contributed by atoms with Crippen molar-refractivity contribution in [1.29, 1.82) is 0 Å². The number of aromatic nitrogens is 2. The van der Waals surface area contributed by atoms with Crippen LogP contribution >= 0.6 is 0 Å². The molecule has 0 aliphatic carbocycles. The average molecular weight is 251 g/mol. The minimum atomic E-state index is -0.0231. The number of H-pyrrole nitrogens is 1. The Balaban J connectivity index is 2.66. The Bertz CT molecular complexity index is 380. The van der Waals surface area contributed by atoms with E-state index in [0.717, 1.165) is 17.9 Å². The van der Waals surface area contributed by atoms with Gasteiger partial charge in [-0.3, -0.25) is 9.89 Å². The number of carbonyl (C=O) groups excluding carboxylic acids is 1. The lowest BCUT2D eigenvalue weighted by atomic mass is 9.85. The molecule has 1 aromatic rings. The van der Waals surface area contributed by atoms with Crippen LogP contribution in [0, 0.1) is 31.6 Å². The first kappa shape index (κ1) is 14.7. The molecule has 2 N–H and O–H groups in total. The summed E-state index contributed by atoms with van der Waals surface area (Å²) in [6.45, 7) is 13.2. The molecular weight excluding hydrogens is 226 g/mol. The van der Waals surface area contributed by atoms with E-state index >= 15 is 0 Å². The first-order chi connectivity index (χ1) is 8.34. The van der Waals surface area contributed by atoms with E-state index in [-0.39, 0.29) is 5.91 Å². The fourth-order valence-electron chi connectivity index (χ4n) is 2.43. The third kappa shape index (κ3) is 3.34. The average Bonchev–Trinajstić information content (AvgIpc) is 2.57. The molecule has 0 spiro atoms. The molecule has 4 heteroatoms. The fourth-order valence-corrected chi connectivity index (χ4v) is 2.43. The molecule has 4 nitrogen and oxygen atoms in total. The molecule has 1 rings (SSSR count). The first-order valence-electron chi connectivity index (χ1n) is 6.64. The van der Waals surface area contributed by atoms with Crippen LogP contribution in [-0.4, -0.2) is 22.6 Å². The van der Waals surface area contributed by atoms with Gasteiger partial charge in [-0.25, -0.2) is 0 Å². The van der Waals surface area contributed by atoms with E-state index in [1.54, 1.807) is 0 Å². The van der Waals surface area contributed by atoms with Gasteiger partial charge in [-0.05, 0) is 31.6 Å². The maximum Gasteiger partial charge on any atom is 0.255 e. The van der Waals surface area contributed by atoms with E-state index in [1.807, 2.05) is 13.8 Å². The normalized spacial score (nSPS) is 11.6. The summed E-state index contributed by atoms with van der Waals surface area (Å²) in [5, 5.41) is 9.92. The van der Waals surface area contributed by atoms with Crippen molar-refractivity contribution in [2.24, 2.45) is 17.8 Å². The van der Waals surface area contributed by atoms with Crippen LogP contribution in [0.3, 0.4) is 0 Å². The third-order valence-corrected chi connectivity index (χ3v) is 3.57. The largest absolute Gasteiger partial charge is 0.352 e. The van der Waals surface area contributed by atoms with E-state index < -0.39 is 0 Å². The van der Waals surface area contributed by atoms with Gasteiger partial charge in [0.2, 0.25) is 0 Å². The zero-order valence-corrected chi connectivity index (χ0v) is 12.3. The predicted molar refractivity (Wildman–Crippen MR) is 73.6 cm³/mol. The minimum Gasteiger partial charge on any atom is -0.352 e. The number of hydrogen-bond acceptors (Lipinski definition) is 2. The highest BCUT2D eigenvalue weighted by Crippen LogP contribution is 2.19. The summed E-state index contributed by atoms with van der Waals surface area (Å²) in [4.78, 5) is 12.1. The number of carbonyl (C=O) groups is 1. The Morgan fingerprint density at radius 3 is 2.17 bits per heavy atom. The van der Waals surface area contributed by atoms with E-state index in [9.17, 15) is 4.79 Å². The second-order valence-electron chi connectivity index (χ2n) is 5.67. The molecule has 0 radical (unpaired) electrons. The molecule has 18 heavy (non-hydrogen) atoms. The highest BCUT2D eigenvalue weighted by Gasteiger charge is 2.20. The summed E-state index contributed by atoms with van der Waals surface area (Å²) >= 11 is 0. The molecule has 1 aromatic heterocycles. The number of rotatable bonds is 5. The number of aryl methyl sites for hydroxylation is 2. The van der Waals surface area contributed by atoms with Crippen molar-refractivity contribution >= 4 is 5.91 Å². The van der Waals surface area contributed by atoms with Gasteiger partial charge in [0.05, 0.1) is 11.3 Å². The highest BCUT2D eigenvalue weighted by atomic mass is 16.1. The first-order valence-corrected chi connectivity index (χ1v) is 6.64. The van der Waals surface area contributed by atoms with Gasteiger partial charge in [0, 0.05) is 12.2 Å². The van der Waals surface area contributed by atoms with E-state index in [4.69, 9.17) is 0 Å². The predicted octanol–water partition coefficient (Wildman–Crippen LogP) is 2.68. The van der Waals surface area contributed by atoms with Crippen molar-refractivity contribution in [2.45, 2.75) is 41.5 Å². The van der Waals surface area contributed by atoms with Crippen molar-refractivity contribution in [1.82, 2.24) is 15.5 Å². The van der Waals surface area contributed by atoms with Crippen molar-refractivity contribution < 1.29 is 4.79 Å². The topological polar surface area (TPSA) is 57.8 Å². The summed E-state index contributed by atoms with van der Waals surface area (Å²) in [5.41, 5.74) is 2.27. The van der Waals surface area contributed by atoms with Crippen LogP contribution in [0.5, 0.6) is 0 Å². The molecule has 0 unspecified atom stereocenters. The lowest BCUT2D eigenvalue weighted by Gasteiger charge is -2.25. The quantitative estimate of drug-likeness (QED) is 0.845. The molecule has 1 heterocycles. The smallest absolute Gasteiger partial charge is 0.255 e. The molecule has 0 fully saturated rings. The minimum absolute atomic E-state index is 0.0231. The Hall–Kier alpha value is -1.32. The van der Waals surface area contributed by atoms with Crippen LogP contribution in [0.2, 0.25) is 0 Å². The zero-order chi connectivity index (χ0) is 13.9. The number of hydrogen-bond donors (Lipinski definition) is 2. The van der Waals surface area contributed by atoms with Crippen LogP contribution in [0.25, 0.3) is 0 Å². The second kappa shape index (κ2) is 6.03. The van der Waals surface area contributed by atoms with Gasteiger partial charge in [-0.15, -0.1) is 0 Å². The van der Waals surface area contributed by atoms with E-state index in [2.05, 4.69) is 43.2 Å². The van der Waals surface area contributed by atoms with Gasteiger partial charge in [0.15, 0.2) is 0 Å². The summed E-state index contributed by atoms with van der Waals surface area (Å²) in [7, 11) is 0. The van der Waals surface area contributed by atoms with Crippen molar-refractivity contribution in [3.05, 3.63) is 17.0 Å². The standard InChI is InChI=1S/C14H25N3O/c1-8(2)12(9(3)4)7-15-14(18)13-10(5)16-17-11(13)6/h8-9,12H,7H2,1-6H3,(H,15,18)(H,16,17). The van der Waals surface area contributed by atoms with Gasteiger partial charge < -0.3 is 5.32 Å². The SMILES string of the molecule is Cc1n[nH]c(C)c1C(=O)NCC(C(C)C)C(C)C. The molecule has 0 aliphatic heterocycles. The molecule has 1 amide bonds. The van der Waals surface area contributed by atoms with Gasteiger partial charge in [0.25, 0.3) is 5.91 Å². The maximum absolute atomic E-state index is 12.1. The monoisotopic (exact) mass is 251 g/mol. The summed E-state index contributed by atoms with van der Waals surface area (Å²) in [6.07, 6.45) is 0. The molecule has 102 valence electrons. The van der Waals surface area contributed by atoms with Crippen molar-refractivity contribution in [2.75, 3.05) is 6.54 Å². The summed E-state index contributed by atoms with van der Waals surface area (Å²) in [6, 6.07) is 0. The van der Waals surface area contributed by atoms with E-state index in [0.29, 0.717) is 23.3 Å². The molecule has 0 aromatic carbocycles. The fraction of sp³-hybridized carbons (Fsp3) is 0.714. The summed E-state index contributed by atoms with van der Waals surface area (Å²) < 4.78 is 0. The Kier molecular flexibility index (Phi) is 4.93. The molecule has 0 saturated heterocycles. The van der Waals surface area contributed by atoms with Crippen molar-refractivity contribution in [3.63, 3.8) is 0 Å². The number of amides is 1. The van der Waals surface area contributed by atoms with Crippen LogP contribution < -0.4 is 5.32 Å². The Morgan fingerprint density at radius 1 is 1.22 bits per heavy atom. The summed E-state index contributed by atoms with van der Waals surface area (Å²) in [5.74, 6) is 1.61. The van der Waals surface area contributed by atoms with Crippen molar-refractivity contribution in [3.8, 4) is 0 Å². The number of aromatic amines is 1. The van der Waals surface area contributed by atoms with Gasteiger partial charge >= 0.3 is 0 Å². The van der Waals surface area contributed by atoms with Crippen LogP contribution in [0.1, 0.15) is 49.4 Å². The lowest BCUT2D eigenvalue weighted by Crippen LogP contribution is -2.34. The molecule has 0 saturated carbocycles. The lowest BCUT2D eigenvalue weighted by molar-refractivity contribution is 0.0936. The van der Waals surface area contributed by atoms with E-state index in [1.165, 1.54) is 0 Å². The molecular formula is C14H25N3O. The van der Waals surface area contributed by atoms with Crippen LogP contribution in [0.15, 0.2) is 0 Å². The number of nitrogens with one attached hydrogen (secondary N) is 2. The van der Waals surface area contributed by atoms with Crippen LogP contribution in [0.4, 0.5) is 0 Å².